The highest BCUT2D eigenvalue weighted by Gasteiger charge is 2.44. The number of ether oxygens (including phenoxy) is 3. The molecule has 7 aromatic rings. The number of nitrogens with one attached hydrogen (secondary N) is 2. The van der Waals surface area contributed by atoms with E-state index in [0.717, 1.165) is 71.8 Å². The molecule has 1 aliphatic carbocycles. The molecule has 0 radical (unpaired) electrons. The number of aliphatic hydroxyl groups is 1. The van der Waals surface area contributed by atoms with E-state index < -0.39 is 18.1 Å². The van der Waals surface area contributed by atoms with E-state index in [0.29, 0.717) is 52.2 Å². The number of nitrogens with zero attached hydrogens (tertiary/aromatic N) is 9. The van der Waals surface area contributed by atoms with E-state index in [1.807, 2.05) is 113 Å². The van der Waals surface area contributed by atoms with Crippen LogP contribution >= 0.6 is 11.3 Å². The van der Waals surface area contributed by atoms with E-state index >= 15 is 0 Å². The van der Waals surface area contributed by atoms with E-state index in [-0.39, 0.29) is 67.2 Å². The molecule has 8 heterocycles. The number of hydrogen-bond acceptors (Lipinski definition) is 18. The first-order valence-corrected chi connectivity index (χ1v) is 27.9. The lowest BCUT2D eigenvalue weighted by molar-refractivity contribution is -0.141. The summed E-state index contributed by atoms with van der Waals surface area (Å²) in [5, 5.41) is 40.5. The number of phenolic OH excluding ortho intramolecular Hbond substituents is 1. The number of β-amino-alcohol motifs (C(OH)–C–C–N with tert-alkyl or cyclic N) is 1. The summed E-state index contributed by atoms with van der Waals surface area (Å²) in [5.41, 5.74) is 8.86. The number of phenols is 1. The van der Waals surface area contributed by atoms with Crippen molar-refractivity contribution in [1.82, 2.24) is 40.5 Å². The number of piperazine rings is 1. The van der Waals surface area contributed by atoms with Crippen LogP contribution in [0, 0.1) is 12.8 Å². The molecule has 2 unspecified atom stereocenters. The number of aromatic nitrogens is 6. The van der Waals surface area contributed by atoms with Crippen LogP contribution in [0.5, 0.6) is 23.3 Å². The number of hydrogen-bond donors (Lipinski definition) is 4. The molecule has 4 aliphatic rings. The number of amides is 2. The van der Waals surface area contributed by atoms with Crippen LogP contribution in [0.2, 0.25) is 0 Å². The number of carbonyl (C=O) groups is 2. The van der Waals surface area contributed by atoms with Crippen LogP contribution in [-0.2, 0) is 9.59 Å². The average Bonchev–Trinajstić information content (AvgIpc) is 4.32. The first-order valence-electron chi connectivity index (χ1n) is 27.0. The Bertz CT molecular complexity index is 3280. The topological polar surface area (TPSA) is 227 Å². The van der Waals surface area contributed by atoms with Crippen LogP contribution in [0.15, 0.2) is 113 Å². The van der Waals surface area contributed by atoms with Crippen LogP contribution in [0.25, 0.3) is 27.8 Å². The number of thiazole rings is 1. The van der Waals surface area contributed by atoms with Gasteiger partial charge in [-0.3, -0.25) is 14.6 Å². The standard InChI is InChI=1S/C59H65N11O8S/c1-34(2)55(59(74)69-32-43(71)24-50(69)58(73)64-35(3)37-12-14-38(15-13-37)56-36(4)63-33-79-56)52-28-54(67-78-52)75-22-8-9-39-16-19-44(29-62-39)76-45-25-46(26-45)77-53-23-40(20-21-61-53)70-41-17-18-42(70)31-68(30-41)49-27-48(65-66-57(49)60-5)47-10-6-7-11-51(47)72/h6-16,19-21,23,27-29,33-35,41-43,45-46,50,55,71-72H,17-18,22,24-26,30-32H2,1-5H3,(H,60,66)(H,64,73)/b9-8+/t35-,41?,42?,43+,45?,46?,50-,55+/m0/s1. The van der Waals surface area contributed by atoms with Crippen LogP contribution in [0.4, 0.5) is 17.2 Å². The van der Waals surface area contributed by atoms with Crippen LogP contribution in [0.1, 0.15) is 87.5 Å². The van der Waals surface area contributed by atoms with Crippen molar-refractivity contribution in [1.29, 1.82) is 0 Å². The van der Waals surface area contributed by atoms with Crippen molar-refractivity contribution in [3.63, 3.8) is 0 Å². The van der Waals surface area contributed by atoms with Gasteiger partial charge in [-0.1, -0.05) is 50.2 Å². The maximum absolute atomic E-state index is 14.2. The van der Waals surface area contributed by atoms with Gasteiger partial charge in [-0.2, -0.15) is 0 Å². The van der Waals surface area contributed by atoms with Crippen LogP contribution < -0.4 is 34.6 Å². The molecular weight excluding hydrogens is 1020 g/mol. The summed E-state index contributed by atoms with van der Waals surface area (Å²) in [6, 6.07) is 26.2. The van der Waals surface area contributed by atoms with Crippen LogP contribution in [-0.4, -0.2) is 127 Å². The lowest BCUT2D eigenvalue weighted by Gasteiger charge is -2.43. The van der Waals surface area contributed by atoms with Gasteiger partial charge in [0.05, 0.1) is 51.5 Å². The largest absolute Gasteiger partial charge is 0.507 e. The Hall–Kier alpha value is -8.10. The Morgan fingerprint density at radius 2 is 1.67 bits per heavy atom. The number of fused-ring (bicyclic) bond motifs is 2. The second kappa shape index (κ2) is 23.1. The van der Waals surface area contributed by atoms with Gasteiger partial charge in [0.2, 0.25) is 17.7 Å². The van der Waals surface area contributed by atoms with Crippen molar-refractivity contribution >= 4 is 46.4 Å². The number of pyridine rings is 2. The lowest BCUT2D eigenvalue weighted by Crippen LogP contribution is -2.54. The summed E-state index contributed by atoms with van der Waals surface area (Å²) in [6.45, 7) is 9.53. The highest BCUT2D eigenvalue weighted by Crippen LogP contribution is 2.41. The second-order valence-electron chi connectivity index (χ2n) is 21.2. The quantitative estimate of drug-likeness (QED) is 0.0594. The number of likely N-dealkylation sites (tertiary alicyclic amines) is 1. The fraction of sp³-hybridized carbons (Fsp3) is 0.390. The molecule has 2 aromatic carbocycles. The van der Waals surface area contributed by atoms with Gasteiger partial charge in [-0.25, -0.2) is 9.97 Å². The van der Waals surface area contributed by atoms with E-state index in [4.69, 9.17) is 18.7 Å². The number of para-hydroxylation sites is 1. The van der Waals surface area contributed by atoms with E-state index in [1.165, 1.54) is 4.90 Å². The fourth-order valence-corrected chi connectivity index (χ4v) is 12.1. The van der Waals surface area contributed by atoms with Gasteiger partial charge in [0.25, 0.3) is 5.88 Å². The minimum Gasteiger partial charge on any atom is -0.507 e. The molecule has 11 rings (SSSR count). The molecule has 4 N–H and O–H groups in total. The second-order valence-corrected chi connectivity index (χ2v) is 22.0. The molecule has 3 aliphatic heterocycles. The van der Waals surface area contributed by atoms with Crippen molar-refractivity contribution in [2.45, 2.75) is 108 Å². The number of aryl methyl sites for hydroxylation is 1. The van der Waals surface area contributed by atoms with Crippen molar-refractivity contribution in [3.8, 4) is 45.0 Å². The third-order valence-electron chi connectivity index (χ3n) is 15.4. The number of rotatable bonds is 19. The summed E-state index contributed by atoms with van der Waals surface area (Å²) in [4.78, 5) is 48.9. The van der Waals surface area contributed by atoms with Gasteiger partial charge in [0, 0.05) is 87.6 Å². The zero-order valence-electron chi connectivity index (χ0n) is 44.8. The maximum atomic E-state index is 14.2. The van der Waals surface area contributed by atoms with Crippen molar-refractivity contribution in [2.75, 3.05) is 48.4 Å². The summed E-state index contributed by atoms with van der Waals surface area (Å²) in [5.74, 6) is 1.07. The average molecular weight is 1090 g/mol. The van der Waals surface area contributed by atoms with Gasteiger partial charge >= 0.3 is 0 Å². The number of carbonyl (C=O) groups excluding carboxylic acids is 2. The molecule has 3 saturated heterocycles. The van der Waals surface area contributed by atoms with Crippen molar-refractivity contribution < 1.29 is 38.5 Å². The summed E-state index contributed by atoms with van der Waals surface area (Å²) >= 11 is 1.58. The first kappa shape index (κ1) is 52.9. The van der Waals surface area contributed by atoms with Gasteiger partial charge in [-0.05, 0) is 97.4 Å². The number of aromatic hydroxyl groups is 1. The van der Waals surface area contributed by atoms with Crippen molar-refractivity contribution in [2.24, 2.45) is 5.92 Å². The summed E-state index contributed by atoms with van der Waals surface area (Å²) in [6.07, 6.45) is 10.0. The van der Waals surface area contributed by atoms with Gasteiger partial charge < -0.3 is 54.3 Å². The van der Waals surface area contributed by atoms with Crippen molar-refractivity contribution in [3.05, 3.63) is 132 Å². The van der Waals surface area contributed by atoms with Gasteiger partial charge in [0.1, 0.15) is 42.3 Å². The Labute approximate surface area is 462 Å². The molecule has 19 nitrogen and oxygen atoms in total. The Morgan fingerprint density at radius 3 is 2.39 bits per heavy atom. The molecule has 2 amide bonds. The molecule has 6 atom stereocenters. The summed E-state index contributed by atoms with van der Waals surface area (Å²) in [7, 11) is 1.85. The Morgan fingerprint density at radius 1 is 0.886 bits per heavy atom. The summed E-state index contributed by atoms with van der Waals surface area (Å²) < 4.78 is 24.2. The molecule has 79 heavy (non-hydrogen) atoms. The molecule has 0 spiro atoms. The van der Waals surface area contributed by atoms with E-state index in [9.17, 15) is 19.8 Å². The zero-order chi connectivity index (χ0) is 54.7. The molecule has 410 valence electrons. The zero-order valence-corrected chi connectivity index (χ0v) is 45.6. The third-order valence-corrected chi connectivity index (χ3v) is 16.4. The monoisotopic (exact) mass is 1090 g/mol. The SMILES string of the molecule is CNc1nnc(-c2ccccc2O)cc1N1CC2CCC(C1)N2c1ccnc(OC2CC(Oc3ccc(/C=C/COc4cc([C@H](C(=O)N5C[C@H](O)C[C@H]5C(=O)N[C@@H](C)c5ccc(-c6scnc6C)cc5)C(C)C)on4)nc3)C2)c1. The van der Waals surface area contributed by atoms with E-state index in [1.54, 1.807) is 35.7 Å². The molecule has 5 aromatic heterocycles. The Balaban J connectivity index is 0.625. The highest BCUT2D eigenvalue weighted by molar-refractivity contribution is 7.13. The lowest BCUT2D eigenvalue weighted by atomic mass is 9.91. The van der Waals surface area contributed by atoms with Gasteiger partial charge in [0.15, 0.2) is 11.6 Å². The fourth-order valence-electron chi connectivity index (χ4n) is 11.3. The minimum absolute atomic E-state index is 0.00548. The first-order chi connectivity index (χ1) is 38.3. The number of anilines is 3. The van der Waals surface area contributed by atoms with Gasteiger partial charge in [-0.15, -0.1) is 21.5 Å². The smallest absolute Gasteiger partial charge is 0.254 e. The predicted octanol–water partition coefficient (Wildman–Crippen LogP) is 8.62. The molecule has 4 fully saturated rings. The number of benzene rings is 2. The highest BCUT2D eigenvalue weighted by atomic mass is 32.1. The normalized spacial score (nSPS) is 21.5. The minimum atomic E-state index is -0.850. The predicted molar refractivity (Wildman–Crippen MR) is 300 cm³/mol. The number of aliphatic hydroxyl groups excluding tert-OH is 1. The van der Waals surface area contributed by atoms with Crippen LogP contribution in [0.3, 0.4) is 0 Å². The van der Waals surface area contributed by atoms with E-state index in [2.05, 4.69) is 62.9 Å². The maximum Gasteiger partial charge on any atom is 0.254 e. The third kappa shape index (κ3) is 11.6. The molecule has 1 saturated carbocycles. The molecular formula is C59H65N11O8S. The Kier molecular flexibility index (Phi) is 15.5. The molecule has 2 bridgehead atoms. The molecule has 20 heteroatoms.